The summed E-state index contributed by atoms with van der Waals surface area (Å²) in [6.45, 7) is 5.94. The maximum absolute atomic E-state index is 5.14. The van der Waals surface area contributed by atoms with Gasteiger partial charge in [0.15, 0.2) is 0 Å². The van der Waals surface area contributed by atoms with E-state index in [0.29, 0.717) is 6.04 Å². The predicted octanol–water partition coefficient (Wildman–Crippen LogP) is 3.18. The van der Waals surface area contributed by atoms with Crippen molar-refractivity contribution in [2.75, 3.05) is 7.11 Å². The Bertz CT molecular complexity index is 508. The SMILES string of the molecule is COc1ccc(CNCc2ccnn2C(C)C)cc1.Cl. The molecule has 1 heterocycles. The maximum atomic E-state index is 5.14. The van der Waals surface area contributed by atoms with Crippen LogP contribution in [0.4, 0.5) is 0 Å². The lowest BCUT2D eigenvalue weighted by molar-refractivity contribution is 0.414. The van der Waals surface area contributed by atoms with Gasteiger partial charge in [-0.25, -0.2) is 0 Å². The van der Waals surface area contributed by atoms with Crippen molar-refractivity contribution in [1.82, 2.24) is 15.1 Å². The highest BCUT2D eigenvalue weighted by molar-refractivity contribution is 5.85. The Balaban J connectivity index is 0.00000200. The van der Waals surface area contributed by atoms with E-state index in [-0.39, 0.29) is 12.4 Å². The molecule has 110 valence electrons. The standard InChI is InChI=1S/C15H21N3O.ClH/c1-12(2)18-14(8-9-17-18)11-16-10-13-4-6-15(19-3)7-5-13;/h4-9,12,16H,10-11H2,1-3H3;1H. The molecule has 1 aromatic heterocycles. The minimum Gasteiger partial charge on any atom is -0.497 e. The fourth-order valence-electron chi connectivity index (χ4n) is 2.02. The van der Waals surface area contributed by atoms with E-state index in [9.17, 15) is 0 Å². The van der Waals surface area contributed by atoms with Gasteiger partial charge < -0.3 is 10.1 Å². The number of rotatable bonds is 6. The molecule has 20 heavy (non-hydrogen) atoms. The molecule has 0 amide bonds. The van der Waals surface area contributed by atoms with Crippen LogP contribution in [-0.2, 0) is 13.1 Å². The van der Waals surface area contributed by atoms with E-state index in [1.54, 1.807) is 7.11 Å². The summed E-state index contributed by atoms with van der Waals surface area (Å²) in [5.74, 6) is 0.890. The van der Waals surface area contributed by atoms with Crippen LogP contribution >= 0.6 is 12.4 Å². The zero-order chi connectivity index (χ0) is 13.7. The van der Waals surface area contributed by atoms with Crippen LogP contribution < -0.4 is 10.1 Å². The number of hydrogen-bond acceptors (Lipinski definition) is 3. The highest BCUT2D eigenvalue weighted by Gasteiger charge is 2.05. The molecule has 0 fully saturated rings. The molecule has 1 aromatic carbocycles. The molecule has 0 unspecified atom stereocenters. The molecule has 0 atom stereocenters. The first-order valence-corrected chi connectivity index (χ1v) is 6.56. The van der Waals surface area contributed by atoms with Crippen molar-refractivity contribution < 1.29 is 4.74 Å². The van der Waals surface area contributed by atoms with Gasteiger partial charge in [-0.2, -0.15) is 5.10 Å². The van der Waals surface area contributed by atoms with Crippen LogP contribution in [0.15, 0.2) is 36.5 Å². The van der Waals surface area contributed by atoms with Gasteiger partial charge in [0, 0.05) is 25.3 Å². The Morgan fingerprint density at radius 1 is 1.15 bits per heavy atom. The van der Waals surface area contributed by atoms with Gasteiger partial charge in [-0.15, -0.1) is 12.4 Å². The first kappa shape index (κ1) is 16.5. The van der Waals surface area contributed by atoms with Gasteiger partial charge in [0.05, 0.1) is 12.8 Å². The molecule has 0 spiro atoms. The number of nitrogens with zero attached hydrogens (tertiary/aromatic N) is 2. The number of nitrogens with one attached hydrogen (secondary N) is 1. The molecule has 0 radical (unpaired) electrons. The summed E-state index contributed by atoms with van der Waals surface area (Å²) in [7, 11) is 1.68. The van der Waals surface area contributed by atoms with Crippen LogP contribution in [0.2, 0.25) is 0 Å². The lowest BCUT2D eigenvalue weighted by Crippen LogP contribution is -2.17. The van der Waals surface area contributed by atoms with Gasteiger partial charge in [-0.3, -0.25) is 4.68 Å². The van der Waals surface area contributed by atoms with E-state index in [4.69, 9.17) is 4.74 Å². The van der Waals surface area contributed by atoms with Crippen LogP contribution in [-0.4, -0.2) is 16.9 Å². The fraction of sp³-hybridized carbons (Fsp3) is 0.400. The summed E-state index contributed by atoms with van der Waals surface area (Å²) in [6.07, 6.45) is 1.85. The molecule has 1 N–H and O–H groups in total. The zero-order valence-electron chi connectivity index (χ0n) is 12.2. The Hall–Kier alpha value is -1.52. The molecule has 0 bridgehead atoms. The van der Waals surface area contributed by atoms with E-state index < -0.39 is 0 Å². The van der Waals surface area contributed by atoms with E-state index in [2.05, 4.69) is 42.5 Å². The number of ether oxygens (including phenoxy) is 1. The van der Waals surface area contributed by atoms with Gasteiger partial charge >= 0.3 is 0 Å². The summed E-state index contributed by atoms with van der Waals surface area (Å²) in [4.78, 5) is 0. The van der Waals surface area contributed by atoms with Gasteiger partial charge in [-0.05, 0) is 37.6 Å². The number of benzene rings is 1. The molecule has 5 heteroatoms. The van der Waals surface area contributed by atoms with Crippen molar-refractivity contribution in [2.45, 2.75) is 33.0 Å². The zero-order valence-corrected chi connectivity index (χ0v) is 13.0. The highest BCUT2D eigenvalue weighted by Crippen LogP contribution is 2.11. The largest absolute Gasteiger partial charge is 0.497 e. The molecule has 0 saturated heterocycles. The number of aromatic nitrogens is 2. The average Bonchev–Trinajstić information content (AvgIpc) is 2.88. The molecule has 0 aliphatic heterocycles. The van der Waals surface area contributed by atoms with E-state index in [1.165, 1.54) is 11.3 Å². The molecular formula is C15H22ClN3O. The topological polar surface area (TPSA) is 39.1 Å². The first-order valence-electron chi connectivity index (χ1n) is 6.56. The lowest BCUT2D eigenvalue weighted by atomic mass is 10.2. The smallest absolute Gasteiger partial charge is 0.118 e. The summed E-state index contributed by atoms with van der Waals surface area (Å²) in [6, 6.07) is 10.6. The molecule has 0 saturated carbocycles. The molecule has 2 aromatic rings. The Morgan fingerprint density at radius 2 is 1.85 bits per heavy atom. The Kier molecular flexibility index (Phi) is 6.55. The second kappa shape index (κ2) is 7.92. The Labute approximate surface area is 126 Å². The van der Waals surface area contributed by atoms with Gasteiger partial charge in [0.25, 0.3) is 0 Å². The third kappa shape index (κ3) is 4.25. The third-order valence-electron chi connectivity index (χ3n) is 3.04. The summed E-state index contributed by atoms with van der Waals surface area (Å²) in [5, 5.41) is 7.76. The lowest BCUT2D eigenvalue weighted by Gasteiger charge is -2.11. The van der Waals surface area contributed by atoms with Crippen molar-refractivity contribution in [3.63, 3.8) is 0 Å². The van der Waals surface area contributed by atoms with E-state index in [1.807, 2.05) is 23.0 Å². The number of methoxy groups -OCH3 is 1. The number of hydrogen-bond donors (Lipinski definition) is 1. The van der Waals surface area contributed by atoms with Gasteiger partial charge in [0.2, 0.25) is 0 Å². The van der Waals surface area contributed by atoms with Crippen molar-refractivity contribution in [1.29, 1.82) is 0 Å². The van der Waals surface area contributed by atoms with Crippen molar-refractivity contribution >= 4 is 12.4 Å². The monoisotopic (exact) mass is 295 g/mol. The molecule has 0 aliphatic carbocycles. The predicted molar refractivity (Wildman–Crippen MR) is 83.4 cm³/mol. The van der Waals surface area contributed by atoms with Gasteiger partial charge in [0.1, 0.15) is 5.75 Å². The molecular weight excluding hydrogens is 274 g/mol. The van der Waals surface area contributed by atoms with Crippen molar-refractivity contribution in [3.8, 4) is 5.75 Å². The molecule has 4 nitrogen and oxygen atoms in total. The first-order chi connectivity index (χ1) is 9.20. The van der Waals surface area contributed by atoms with Crippen LogP contribution in [0, 0.1) is 0 Å². The third-order valence-corrected chi connectivity index (χ3v) is 3.04. The van der Waals surface area contributed by atoms with Crippen LogP contribution in [0.3, 0.4) is 0 Å². The van der Waals surface area contributed by atoms with Crippen LogP contribution in [0.5, 0.6) is 5.75 Å². The van der Waals surface area contributed by atoms with Crippen LogP contribution in [0.1, 0.15) is 31.1 Å². The van der Waals surface area contributed by atoms with Crippen molar-refractivity contribution in [2.24, 2.45) is 0 Å². The summed E-state index contributed by atoms with van der Waals surface area (Å²) in [5.41, 5.74) is 2.46. The number of halogens is 1. The average molecular weight is 296 g/mol. The fourth-order valence-corrected chi connectivity index (χ4v) is 2.02. The maximum Gasteiger partial charge on any atom is 0.118 e. The Morgan fingerprint density at radius 3 is 2.45 bits per heavy atom. The second-order valence-electron chi connectivity index (χ2n) is 4.81. The summed E-state index contributed by atoms with van der Waals surface area (Å²) >= 11 is 0. The molecule has 0 aliphatic rings. The normalized spacial score (nSPS) is 10.4. The summed E-state index contributed by atoms with van der Waals surface area (Å²) < 4.78 is 7.19. The minimum atomic E-state index is 0. The van der Waals surface area contributed by atoms with Crippen LogP contribution in [0.25, 0.3) is 0 Å². The highest BCUT2D eigenvalue weighted by atomic mass is 35.5. The second-order valence-corrected chi connectivity index (χ2v) is 4.81. The quantitative estimate of drug-likeness (QED) is 0.889. The van der Waals surface area contributed by atoms with E-state index >= 15 is 0 Å². The van der Waals surface area contributed by atoms with E-state index in [0.717, 1.165) is 18.8 Å². The molecule has 2 rings (SSSR count). The minimum absolute atomic E-state index is 0. The van der Waals surface area contributed by atoms with Crippen molar-refractivity contribution in [3.05, 3.63) is 47.8 Å². The van der Waals surface area contributed by atoms with Gasteiger partial charge in [-0.1, -0.05) is 12.1 Å².